The highest BCUT2D eigenvalue weighted by molar-refractivity contribution is 5.78. The summed E-state index contributed by atoms with van der Waals surface area (Å²) in [6.07, 6.45) is 0.702. The topological polar surface area (TPSA) is 58.6 Å². The summed E-state index contributed by atoms with van der Waals surface area (Å²) in [5.41, 5.74) is -1.46. The van der Waals surface area contributed by atoms with E-state index in [2.05, 4.69) is 21.9 Å². The van der Waals surface area contributed by atoms with Crippen LogP contribution < -0.4 is 5.32 Å². The van der Waals surface area contributed by atoms with Crippen molar-refractivity contribution in [3.8, 4) is 11.8 Å². The lowest BCUT2D eigenvalue weighted by Gasteiger charge is -2.20. The standard InChI is InChI=1S/C10H17NO3/c1-4-5-6-7-11-8-10(2,13)9(12)14-3/h11,13H,6-8H2,1-3H3. The van der Waals surface area contributed by atoms with Gasteiger partial charge in [0.05, 0.1) is 7.11 Å². The minimum Gasteiger partial charge on any atom is -0.467 e. The van der Waals surface area contributed by atoms with Crippen LogP contribution in [0.2, 0.25) is 0 Å². The van der Waals surface area contributed by atoms with E-state index in [1.165, 1.54) is 14.0 Å². The number of ether oxygens (including phenoxy) is 1. The maximum Gasteiger partial charge on any atom is 0.338 e. The molecule has 80 valence electrons. The van der Waals surface area contributed by atoms with Crippen LogP contribution in [0.25, 0.3) is 0 Å². The number of carbonyl (C=O) groups is 1. The number of hydrogen-bond acceptors (Lipinski definition) is 4. The molecule has 0 aliphatic carbocycles. The lowest BCUT2D eigenvalue weighted by atomic mass is 10.1. The van der Waals surface area contributed by atoms with Gasteiger partial charge in [-0.15, -0.1) is 11.8 Å². The van der Waals surface area contributed by atoms with Gasteiger partial charge in [-0.25, -0.2) is 4.79 Å². The van der Waals surface area contributed by atoms with Crippen molar-refractivity contribution >= 4 is 5.97 Å². The highest BCUT2D eigenvalue weighted by Crippen LogP contribution is 2.03. The number of hydrogen-bond donors (Lipinski definition) is 2. The number of aliphatic hydroxyl groups is 1. The molecule has 2 N–H and O–H groups in total. The molecule has 0 saturated heterocycles. The maximum absolute atomic E-state index is 11.0. The summed E-state index contributed by atoms with van der Waals surface area (Å²) in [7, 11) is 1.25. The van der Waals surface area contributed by atoms with Gasteiger partial charge in [0.15, 0.2) is 5.60 Å². The molecule has 0 rings (SSSR count). The van der Waals surface area contributed by atoms with Crippen LogP contribution in [0, 0.1) is 11.8 Å². The number of rotatable bonds is 5. The molecule has 0 heterocycles. The number of esters is 1. The fraction of sp³-hybridized carbons (Fsp3) is 0.700. The third-order valence-electron chi connectivity index (χ3n) is 1.70. The molecule has 0 saturated carbocycles. The molecule has 0 radical (unpaired) electrons. The predicted octanol–water partition coefficient (Wildman–Crippen LogP) is -0.0866. The Kier molecular flexibility index (Phi) is 5.93. The number of carbonyl (C=O) groups excluding carboxylic acids is 1. The maximum atomic E-state index is 11.0. The third kappa shape index (κ3) is 4.85. The van der Waals surface area contributed by atoms with E-state index in [1.54, 1.807) is 6.92 Å². The van der Waals surface area contributed by atoms with Crippen LogP contribution in [0.3, 0.4) is 0 Å². The van der Waals surface area contributed by atoms with Crippen molar-refractivity contribution in [2.45, 2.75) is 25.9 Å². The fourth-order valence-corrected chi connectivity index (χ4v) is 0.900. The van der Waals surface area contributed by atoms with Crippen molar-refractivity contribution in [3.05, 3.63) is 0 Å². The van der Waals surface area contributed by atoms with Gasteiger partial charge in [-0.2, -0.15) is 0 Å². The molecule has 0 fully saturated rings. The lowest BCUT2D eigenvalue weighted by molar-refractivity contribution is -0.159. The second-order valence-corrected chi connectivity index (χ2v) is 3.12. The molecule has 0 aromatic rings. The summed E-state index contributed by atoms with van der Waals surface area (Å²) >= 11 is 0. The van der Waals surface area contributed by atoms with Gasteiger partial charge in [0.2, 0.25) is 0 Å². The molecule has 1 atom stereocenters. The Morgan fingerprint density at radius 3 is 2.79 bits per heavy atom. The van der Waals surface area contributed by atoms with Gasteiger partial charge in [-0.3, -0.25) is 0 Å². The Morgan fingerprint density at radius 1 is 1.64 bits per heavy atom. The SMILES string of the molecule is CC#CCCNCC(C)(O)C(=O)OC. The Balaban J connectivity index is 3.74. The summed E-state index contributed by atoms with van der Waals surface area (Å²) in [5.74, 6) is 4.99. The summed E-state index contributed by atoms with van der Waals surface area (Å²) in [5, 5.41) is 12.5. The molecule has 14 heavy (non-hydrogen) atoms. The molecule has 1 unspecified atom stereocenters. The predicted molar refractivity (Wildman–Crippen MR) is 53.6 cm³/mol. The van der Waals surface area contributed by atoms with Crippen molar-refractivity contribution in [2.75, 3.05) is 20.2 Å². The Morgan fingerprint density at radius 2 is 2.29 bits per heavy atom. The summed E-state index contributed by atoms with van der Waals surface area (Å²) < 4.78 is 4.44. The Labute approximate surface area is 84.6 Å². The molecule has 0 amide bonds. The smallest absolute Gasteiger partial charge is 0.338 e. The van der Waals surface area contributed by atoms with E-state index >= 15 is 0 Å². The molecule has 0 aromatic carbocycles. The first-order valence-electron chi connectivity index (χ1n) is 4.45. The molecule has 0 bridgehead atoms. The van der Waals surface area contributed by atoms with Crippen molar-refractivity contribution in [2.24, 2.45) is 0 Å². The normalized spacial score (nSPS) is 13.7. The van der Waals surface area contributed by atoms with Gasteiger partial charge in [0.25, 0.3) is 0 Å². The van der Waals surface area contributed by atoms with Crippen molar-refractivity contribution in [1.82, 2.24) is 5.32 Å². The van der Waals surface area contributed by atoms with E-state index < -0.39 is 11.6 Å². The Bertz CT molecular complexity index is 237. The molecule has 4 heteroatoms. The molecule has 0 aliphatic heterocycles. The number of nitrogens with one attached hydrogen (secondary N) is 1. The van der Waals surface area contributed by atoms with Gasteiger partial charge in [0.1, 0.15) is 0 Å². The van der Waals surface area contributed by atoms with Gasteiger partial charge >= 0.3 is 5.97 Å². The molecule has 0 spiro atoms. The monoisotopic (exact) mass is 199 g/mol. The van der Waals surface area contributed by atoms with Crippen LogP contribution in [0.15, 0.2) is 0 Å². The Hall–Kier alpha value is -1.05. The van der Waals surface area contributed by atoms with Crippen LogP contribution in [-0.2, 0) is 9.53 Å². The average Bonchev–Trinajstić information content (AvgIpc) is 2.16. The van der Waals surface area contributed by atoms with E-state index in [0.29, 0.717) is 13.0 Å². The molecular weight excluding hydrogens is 182 g/mol. The molecular formula is C10H17NO3. The summed E-state index contributed by atoms with van der Waals surface area (Å²) in [4.78, 5) is 11.0. The van der Waals surface area contributed by atoms with Crippen LogP contribution in [0.4, 0.5) is 0 Å². The minimum absolute atomic E-state index is 0.172. The zero-order chi connectivity index (χ0) is 11.0. The second kappa shape index (κ2) is 6.41. The zero-order valence-corrected chi connectivity index (χ0v) is 8.89. The van der Waals surface area contributed by atoms with Gasteiger partial charge in [0, 0.05) is 19.5 Å². The summed E-state index contributed by atoms with van der Waals surface area (Å²) in [6, 6.07) is 0. The van der Waals surface area contributed by atoms with E-state index in [-0.39, 0.29) is 6.54 Å². The van der Waals surface area contributed by atoms with Crippen LogP contribution in [0.5, 0.6) is 0 Å². The number of methoxy groups -OCH3 is 1. The van der Waals surface area contributed by atoms with Crippen molar-refractivity contribution in [1.29, 1.82) is 0 Å². The van der Waals surface area contributed by atoms with Crippen LogP contribution in [0.1, 0.15) is 20.3 Å². The zero-order valence-electron chi connectivity index (χ0n) is 8.89. The largest absolute Gasteiger partial charge is 0.467 e. The van der Waals surface area contributed by atoms with Crippen LogP contribution >= 0.6 is 0 Å². The van der Waals surface area contributed by atoms with Crippen molar-refractivity contribution < 1.29 is 14.6 Å². The summed E-state index contributed by atoms with van der Waals surface area (Å²) in [6.45, 7) is 4.00. The van der Waals surface area contributed by atoms with E-state index in [0.717, 1.165) is 0 Å². The van der Waals surface area contributed by atoms with Crippen LogP contribution in [-0.4, -0.2) is 36.9 Å². The quantitative estimate of drug-likeness (QED) is 0.369. The third-order valence-corrected chi connectivity index (χ3v) is 1.70. The average molecular weight is 199 g/mol. The highest BCUT2D eigenvalue weighted by atomic mass is 16.5. The van der Waals surface area contributed by atoms with Crippen molar-refractivity contribution in [3.63, 3.8) is 0 Å². The fourth-order valence-electron chi connectivity index (χ4n) is 0.900. The first-order chi connectivity index (χ1) is 6.54. The molecule has 0 aromatic heterocycles. The van der Waals surface area contributed by atoms with Gasteiger partial charge in [-0.1, -0.05) is 0 Å². The first-order valence-corrected chi connectivity index (χ1v) is 4.45. The minimum atomic E-state index is -1.46. The second-order valence-electron chi connectivity index (χ2n) is 3.12. The van der Waals surface area contributed by atoms with E-state index in [9.17, 15) is 9.90 Å². The highest BCUT2D eigenvalue weighted by Gasteiger charge is 2.30. The molecule has 0 aliphatic rings. The van der Waals surface area contributed by atoms with E-state index in [4.69, 9.17) is 0 Å². The van der Waals surface area contributed by atoms with Gasteiger partial charge < -0.3 is 15.2 Å². The van der Waals surface area contributed by atoms with E-state index in [1.807, 2.05) is 0 Å². The first kappa shape index (κ1) is 12.9. The molecule has 4 nitrogen and oxygen atoms in total. The van der Waals surface area contributed by atoms with Gasteiger partial charge in [-0.05, 0) is 13.8 Å². The lowest BCUT2D eigenvalue weighted by Crippen LogP contribution is -2.45.